The van der Waals surface area contributed by atoms with Crippen LogP contribution >= 0.6 is 11.3 Å². The number of para-hydroxylation sites is 1. The lowest BCUT2D eigenvalue weighted by atomic mass is 10.0. The first-order valence-electron chi connectivity index (χ1n) is 12.4. The first kappa shape index (κ1) is 24.3. The van der Waals surface area contributed by atoms with Crippen LogP contribution in [0.3, 0.4) is 0 Å². The van der Waals surface area contributed by atoms with Crippen molar-refractivity contribution in [3.63, 3.8) is 0 Å². The number of ether oxygens (including phenoxy) is 1. The van der Waals surface area contributed by atoms with Crippen molar-refractivity contribution in [2.24, 2.45) is 0 Å². The lowest BCUT2D eigenvalue weighted by molar-refractivity contribution is 0.0868. The second kappa shape index (κ2) is 9.70. The van der Waals surface area contributed by atoms with Gasteiger partial charge in [-0.1, -0.05) is 18.2 Å². The number of aryl methyl sites for hydroxylation is 1. The van der Waals surface area contributed by atoms with Crippen LogP contribution in [0.4, 0.5) is 26.2 Å². The van der Waals surface area contributed by atoms with Crippen LogP contribution in [0.1, 0.15) is 21.7 Å². The smallest absolute Gasteiger partial charge is 0.331 e. The Hall–Kier alpha value is -4.02. The molecule has 2 aromatic carbocycles. The average Bonchev–Trinajstić information content (AvgIpc) is 3.25. The number of likely N-dealkylation sites (N-methyl/N-ethyl adjacent to an activating group) is 1. The second-order valence-corrected chi connectivity index (χ2v) is 10.7. The molecule has 3 amide bonds. The first-order chi connectivity index (χ1) is 18.4. The van der Waals surface area contributed by atoms with E-state index in [1.54, 1.807) is 17.2 Å². The fraction of sp³-hybridized carbons (Fsp3) is 0.250. The number of rotatable bonds is 5. The number of piperidine rings is 1. The molecule has 8 nitrogen and oxygen atoms in total. The van der Waals surface area contributed by atoms with Crippen LogP contribution < -0.4 is 20.3 Å². The summed E-state index contributed by atoms with van der Waals surface area (Å²) in [6.07, 6.45) is 0.912. The Morgan fingerprint density at radius 3 is 2.71 bits per heavy atom. The van der Waals surface area contributed by atoms with Crippen molar-refractivity contribution in [3.8, 4) is 11.5 Å². The Bertz CT molecular complexity index is 1530. The lowest BCUT2D eigenvalue weighted by Gasteiger charge is -2.32. The van der Waals surface area contributed by atoms with E-state index in [4.69, 9.17) is 4.74 Å². The van der Waals surface area contributed by atoms with Gasteiger partial charge in [0.2, 0.25) is 0 Å². The van der Waals surface area contributed by atoms with Crippen LogP contribution in [0.15, 0.2) is 60.8 Å². The van der Waals surface area contributed by atoms with Gasteiger partial charge in [-0.2, -0.15) is 0 Å². The summed E-state index contributed by atoms with van der Waals surface area (Å²) >= 11 is 1.22. The highest BCUT2D eigenvalue weighted by Crippen LogP contribution is 2.46. The zero-order valence-corrected chi connectivity index (χ0v) is 21.7. The molecule has 0 spiro atoms. The van der Waals surface area contributed by atoms with Crippen molar-refractivity contribution in [3.05, 3.63) is 71.2 Å². The maximum atomic E-state index is 14.1. The van der Waals surface area contributed by atoms with Gasteiger partial charge >= 0.3 is 6.03 Å². The Kier molecular flexibility index (Phi) is 6.21. The van der Waals surface area contributed by atoms with Crippen LogP contribution in [0, 0.1) is 6.92 Å². The Morgan fingerprint density at radius 2 is 1.95 bits per heavy atom. The van der Waals surface area contributed by atoms with E-state index in [2.05, 4.69) is 15.6 Å². The molecular formula is C28H26FN5O3S. The molecule has 0 unspecified atom stereocenters. The fourth-order valence-electron chi connectivity index (χ4n) is 5.15. The predicted molar refractivity (Wildman–Crippen MR) is 147 cm³/mol. The summed E-state index contributed by atoms with van der Waals surface area (Å²) in [4.78, 5) is 35.6. The molecule has 1 fully saturated rings. The minimum atomic E-state index is -0.992. The SMILES string of the molecule is Cc1cc(Oc2ccccc2)ccc1N1C(=O)Nc2c(C(=O)N[C@@H]3C[C@@H](F)CN(C)C3)sc3nccc1c23. The van der Waals surface area contributed by atoms with Gasteiger partial charge < -0.3 is 20.3 Å². The molecule has 194 valence electrons. The number of likely N-dealkylation sites (tertiary alicyclic amines) is 1. The normalized spacial score (nSPS) is 19.3. The van der Waals surface area contributed by atoms with E-state index in [1.165, 1.54) is 11.3 Å². The number of carbonyl (C=O) groups excluding carboxylic acids is 2. The maximum absolute atomic E-state index is 14.1. The molecule has 38 heavy (non-hydrogen) atoms. The topological polar surface area (TPSA) is 86.8 Å². The number of benzene rings is 2. The van der Waals surface area contributed by atoms with Crippen LogP contribution in [-0.2, 0) is 0 Å². The summed E-state index contributed by atoms with van der Waals surface area (Å²) < 4.78 is 20.0. The predicted octanol–water partition coefficient (Wildman–Crippen LogP) is 5.85. The molecule has 2 N–H and O–H groups in total. The molecule has 4 heterocycles. The van der Waals surface area contributed by atoms with Gasteiger partial charge in [0, 0.05) is 31.7 Å². The number of amides is 3. The molecule has 2 aliphatic heterocycles. The lowest BCUT2D eigenvalue weighted by Crippen LogP contribution is -2.50. The third-order valence-corrected chi connectivity index (χ3v) is 7.85. The molecule has 0 aliphatic carbocycles. The number of aromatic nitrogens is 1. The van der Waals surface area contributed by atoms with Gasteiger partial charge in [0.05, 0.1) is 22.4 Å². The zero-order valence-electron chi connectivity index (χ0n) is 20.9. The van der Waals surface area contributed by atoms with E-state index in [-0.39, 0.29) is 24.4 Å². The van der Waals surface area contributed by atoms with E-state index in [0.717, 1.165) is 11.3 Å². The summed E-state index contributed by atoms with van der Waals surface area (Å²) in [6.45, 7) is 2.85. The van der Waals surface area contributed by atoms with Gasteiger partial charge in [-0.3, -0.25) is 9.69 Å². The molecule has 10 heteroatoms. The largest absolute Gasteiger partial charge is 0.457 e. The first-order valence-corrected chi connectivity index (χ1v) is 13.2. The number of urea groups is 1. The molecule has 1 saturated heterocycles. The number of hydrogen-bond acceptors (Lipinski definition) is 6. The van der Waals surface area contributed by atoms with E-state index in [0.29, 0.717) is 51.0 Å². The van der Waals surface area contributed by atoms with Crippen molar-refractivity contribution in [2.45, 2.75) is 25.6 Å². The van der Waals surface area contributed by atoms with Gasteiger partial charge in [0.1, 0.15) is 27.4 Å². The number of pyridine rings is 1. The maximum Gasteiger partial charge on any atom is 0.331 e. The van der Waals surface area contributed by atoms with Crippen LogP contribution in [0.25, 0.3) is 10.2 Å². The highest BCUT2D eigenvalue weighted by atomic mass is 32.1. The van der Waals surface area contributed by atoms with Crippen molar-refractivity contribution in [1.82, 2.24) is 15.2 Å². The molecule has 6 rings (SSSR count). The molecule has 4 aromatic rings. The van der Waals surface area contributed by atoms with Crippen LogP contribution in [0.2, 0.25) is 0 Å². The molecule has 0 bridgehead atoms. The number of nitrogens with one attached hydrogen (secondary N) is 2. The number of alkyl halides is 1. The van der Waals surface area contributed by atoms with Crippen molar-refractivity contribution in [2.75, 3.05) is 30.4 Å². The number of hydrogen-bond donors (Lipinski definition) is 2. The van der Waals surface area contributed by atoms with Crippen LogP contribution in [-0.4, -0.2) is 54.2 Å². The van der Waals surface area contributed by atoms with E-state index in [1.807, 2.05) is 67.4 Å². The Morgan fingerprint density at radius 1 is 1.13 bits per heavy atom. The molecule has 0 saturated carbocycles. The van der Waals surface area contributed by atoms with E-state index < -0.39 is 6.17 Å². The fourth-order valence-corrected chi connectivity index (χ4v) is 6.18. The highest BCUT2D eigenvalue weighted by Gasteiger charge is 2.34. The summed E-state index contributed by atoms with van der Waals surface area (Å²) in [7, 11) is 1.83. The van der Waals surface area contributed by atoms with Gasteiger partial charge in [-0.05, 0) is 55.9 Å². The van der Waals surface area contributed by atoms with E-state index in [9.17, 15) is 14.0 Å². The Balaban J connectivity index is 1.32. The zero-order chi connectivity index (χ0) is 26.4. The minimum absolute atomic E-state index is 0.267. The third-order valence-electron chi connectivity index (χ3n) is 6.76. The van der Waals surface area contributed by atoms with Gasteiger partial charge in [0.25, 0.3) is 5.91 Å². The molecule has 2 atom stereocenters. The monoisotopic (exact) mass is 531 g/mol. The molecular weight excluding hydrogens is 505 g/mol. The van der Waals surface area contributed by atoms with Gasteiger partial charge in [-0.15, -0.1) is 11.3 Å². The number of anilines is 3. The summed E-state index contributed by atoms with van der Waals surface area (Å²) in [5.74, 6) is 1.05. The summed E-state index contributed by atoms with van der Waals surface area (Å²) in [5, 5.41) is 6.58. The highest BCUT2D eigenvalue weighted by molar-refractivity contribution is 7.21. The minimum Gasteiger partial charge on any atom is -0.457 e. The standard InChI is InChI=1S/C28H26FN5O3S/c1-16-12-20(37-19-6-4-3-5-7-19)8-9-21(16)34-22-10-11-30-27-23(22)24(32-28(34)36)25(38-27)26(35)31-18-13-17(29)14-33(2)15-18/h3-12,17-18H,13-15H2,1-2H3,(H,31,35)(H,32,36)/t17-,18-/m1/s1. The van der Waals surface area contributed by atoms with Crippen molar-refractivity contribution >= 4 is 50.6 Å². The van der Waals surface area contributed by atoms with Crippen molar-refractivity contribution in [1.29, 1.82) is 0 Å². The van der Waals surface area contributed by atoms with Gasteiger partial charge in [0.15, 0.2) is 0 Å². The molecule has 2 aromatic heterocycles. The number of halogens is 1. The van der Waals surface area contributed by atoms with Crippen LogP contribution in [0.5, 0.6) is 11.5 Å². The Labute approximate surface area is 223 Å². The summed E-state index contributed by atoms with van der Waals surface area (Å²) in [6, 6.07) is 16.1. The molecule has 2 aliphatic rings. The molecule has 0 radical (unpaired) electrons. The third kappa shape index (κ3) is 4.46. The van der Waals surface area contributed by atoms with Gasteiger partial charge in [-0.25, -0.2) is 14.2 Å². The number of thiophene rings is 1. The van der Waals surface area contributed by atoms with E-state index >= 15 is 0 Å². The number of nitrogens with zero attached hydrogens (tertiary/aromatic N) is 3. The average molecular weight is 532 g/mol. The quantitative estimate of drug-likeness (QED) is 0.337. The van der Waals surface area contributed by atoms with Crippen molar-refractivity contribution < 1.29 is 18.7 Å². The summed E-state index contributed by atoms with van der Waals surface area (Å²) in [5.41, 5.74) is 2.62. The second-order valence-electron chi connectivity index (χ2n) is 9.67. The number of carbonyl (C=O) groups is 2.